The number of hydrogen-bond acceptors (Lipinski definition) is 8. The molecule has 1 amide bonds. The minimum absolute atomic E-state index is 0.144. The number of hydrogen-bond donors (Lipinski definition) is 1. The van der Waals surface area contributed by atoms with E-state index in [0.29, 0.717) is 31.0 Å². The Kier molecular flexibility index (Phi) is 9.21. The number of nitrogens with zero attached hydrogens (tertiary/aromatic N) is 6. The minimum atomic E-state index is -0.202. The van der Waals surface area contributed by atoms with Crippen molar-refractivity contribution in [3.05, 3.63) is 108 Å². The summed E-state index contributed by atoms with van der Waals surface area (Å²) < 4.78 is 21.2. The molecule has 1 unspecified atom stereocenters. The van der Waals surface area contributed by atoms with Gasteiger partial charge in [0.25, 0.3) is 5.91 Å². The molecule has 0 spiro atoms. The largest absolute Gasteiger partial charge is 0.356 e. The average molecular weight is 592 g/mol. The third-order valence-electron chi connectivity index (χ3n) is 7.26. The fraction of sp³-hybridized carbons (Fsp3) is 0.303. The van der Waals surface area contributed by atoms with Crippen molar-refractivity contribution in [1.29, 1.82) is 0 Å². The lowest BCUT2D eigenvalue weighted by molar-refractivity contribution is -0.188. The normalized spacial score (nSPS) is 15.3. The van der Waals surface area contributed by atoms with Crippen molar-refractivity contribution in [2.75, 3.05) is 13.2 Å². The van der Waals surface area contributed by atoms with Crippen LogP contribution in [0.1, 0.15) is 65.3 Å². The van der Waals surface area contributed by atoms with Gasteiger partial charge in [0.2, 0.25) is 0 Å². The van der Waals surface area contributed by atoms with E-state index in [2.05, 4.69) is 37.4 Å². The van der Waals surface area contributed by atoms with Crippen molar-refractivity contribution in [2.24, 2.45) is 0 Å². The van der Waals surface area contributed by atoms with Crippen LogP contribution in [-0.4, -0.2) is 54.8 Å². The van der Waals surface area contributed by atoms with Gasteiger partial charge < -0.3 is 23.9 Å². The predicted octanol–water partition coefficient (Wildman–Crippen LogP) is 4.61. The molecule has 0 saturated carbocycles. The second-order valence-corrected chi connectivity index (χ2v) is 10.5. The van der Waals surface area contributed by atoms with Crippen LogP contribution in [-0.2, 0) is 22.6 Å². The molecule has 224 valence electrons. The Bertz CT molecular complexity index is 1710. The van der Waals surface area contributed by atoms with Crippen LogP contribution in [0.3, 0.4) is 0 Å². The van der Waals surface area contributed by atoms with Crippen molar-refractivity contribution in [2.45, 2.75) is 51.7 Å². The Morgan fingerprint density at radius 2 is 1.91 bits per heavy atom. The van der Waals surface area contributed by atoms with E-state index in [-0.39, 0.29) is 18.3 Å². The Labute approximate surface area is 255 Å². The van der Waals surface area contributed by atoms with E-state index in [4.69, 9.17) is 14.0 Å². The lowest BCUT2D eigenvalue weighted by Gasteiger charge is -2.26. The Morgan fingerprint density at radius 1 is 1.11 bits per heavy atom. The second-order valence-electron chi connectivity index (χ2n) is 10.5. The molecule has 1 aliphatic rings. The van der Waals surface area contributed by atoms with Gasteiger partial charge in [-0.25, -0.2) is 9.97 Å². The van der Waals surface area contributed by atoms with Gasteiger partial charge in [0.1, 0.15) is 30.3 Å². The van der Waals surface area contributed by atoms with Gasteiger partial charge in [0.15, 0.2) is 12.1 Å². The summed E-state index contributed by atoms with van der Waals surface area (Å²) in [5.41, 5.74) is 3.95. The molecule has 0 radical (unpaired) electrons. The SMILES string of the molecule is C[C@H](OC1CCCCO1)c1nccn1Cc1cc(-c2ccc(C#Cc3ccc(C(=O)NCCn4cncn4)cc3)cc2)on1. The molecule has 2 atom stereocenters. The molecule has 3 aromatic heterocycles. The number of amides is 1. The van der Waals surface area contributed by atoms with Gasteiger partial charge in [-0.1, -0.05) is 17.0 Å². The first-order valence-electron chi connectivity index (χ1n) is 14.7. The average Bonchev–Trinajstić information content (AvgIpc) is 3.85. The molecule has 1 aliphatic heterocycles. The first-order chi connectivity index (χ1) is 21.6. The molecule has 1 saturated heterocycles. The molecule has 1 N–H and O–H groups in total. The Hall–Kier alpha value is -5.05. The van der Waals surface area contributed by atoms with E-state index >= 15 is 0 Å². The highest BCUT2D eigenvalue weighted by molar-refractivity contribution is 5.94. The summed E-state index contributed by atoms with van der Waals surface area (Å²) in [7, 11) is 0. The number of nitrogens with one attached hydrogen (secondary N) is 1. The third-order valence-corrected chi connectivity index (χ3v) is 7.26. The highest BCUT2D eigenvalue weighted by Gasteiger charge is 2.21. The quantitative estimate of drug-likeness (QED) is 0.234. The number of ether oxygens (including phenoxy) is 2. The van der Waals surface area contributed by atoms with E-state index in [9.17, 15) is 4.79 Å². The molecule has 0 aliphatic carbocycles. The zero-order valence-corrected chi connectivity index (χ0v) is 24.4. The lowest BCUT2D eigenvalue weighted by atomic mass is 10.1. The molecule has 4 heterocycles. The maximum absolute atomic E-state index is 12.4. The zero-order chi connectivity index (χ0) is 30.1. The molecule has 2 aromatic carbocycles. The smallest absolute Gasteiger partial charge is 0.251 e. The van der Waals surface area contributed by atoms with Crippen molar-refractivity contribution < 1.29 is 18.8 Å². The van der Waals surface area contributed by atoms with Crippen LogP contribution in [0.15, 0.2) is 84.2 Å². The van der Waals surface area contributed by atoms with Crippen molar-refractivity contribution in [3.8, 4) is 23.2 Å². The summed E-state index contributed by atoms with van der Waals surface area (Å²) in [6.45, 7) is 4.28. The van der Waals surface area contributed by atoms with E-state index < -0.39 is 0 Å². The van der Waals surface area contributed by atoms with Crippen molar-refractivity contribution >= 4 is 5.91 Å². The van der Waals surface area contributed by atoms with Crippen LogP contribution in [0, 0.1) is 11.8 Å². The third kappa shape index (κ3) is 7.47. The zero-order valence-electron chi connectivity index (χ0n) is 24.4. The summed E-state index contributed by atoms with van der Waals surface area (Å²) >= 11 is 0. The Morgan fingerprint density at radius 3 is 2.64 bits per heavy atom. The number of carbonyl (C=O) groups is 1. The summed E-state index contributed by atoms with van der Waals surface area (Å²) in [6.07, 6.45) is 9.49. The van der Waals surface area contributed by atoms with Crippen molar-refractivity contribution in [1.82, 2.24) is 34.8 Å². The maximum Gasteiger partial charge on any atom is 0.251 e. The monoisotopic (exact) mass is 591 g/mol. The van der Waals surface area contributed by atoms with E-state index in [1.54, 1.807) is 29.3 Å². The standard InChI is InChI=1S/C33H33N7O4/c1-24(43-31-4-2-3-19-42-31)32-35-15-17-39(32)21-29-20-30(44-38-29)27-11-7-25(8-12-27)5-6-26-9-13-28(14-10-26)33(41)36-16-18-40-23-34-22-37-40/h7-15,17,20,22-24,31H,2-4,16,18-19,21H2,1H3,(H,36,41)/t24-,31?/m0/s1. The van der Waals surface area contributed by atoms with Gasteiger partial charge in [-0.15, -0.1) is 0 Å². The summed E-state index contributed by atoms with van der Waals surface area (Å²) in [6, 6.07) is 17.0. The van der Waals surface area contributed by atoms with Crippen LogP contribution < -0.4 is 5.32 Å². The number of imidazole rings is 1. The van der Waals surface area contributed by atoms with Crippen LogP contribution in [0.25, 0.3) is 11.3 Å². The van der Waals surface area contributed by atoms with Gasteiger partial charge in [-0.3, -0.25) is 9.48 Å². The maximum atomic E-state index is 12.4. The van der Waals surface area contributed by atoms with Gasteiger partial charge in [-0.2, -0.15) is 5.10 Å². The number of carbonyl (C=O) groups excluding carboxylic acids is 1. The second kappa shape index (κ2) is 13.9. The van der Waals surface area contributed by atoms with Crippen LogP contribution >= 0.6 is 0 Å². The van der Waals surface area contributed by atoms with Gasteiger partial charge in [0, 0.05) is 53.9 Å². The highest BCUT2D eigenvalue weighted by atomic mass is 16.7. The fourth-order valence-corrected chi connectivity index (χ4v) is 4.92. The van der Waals surface area contributed by atoms with E-state index in [0.717, 1.165) is 54.1 Å². The molecule has 11 nitrogen and oxygen atoms in total. The molecular weight excluding hydrogens is 558 g/mol. The minimum Gasteiger partial charge on any atom is -0.356 e. The van der Waals surface area contributed by atoms with Gasteiger partial charge >= 0.3 is 0 Å². The van der Waals surface area contributed by atoms with Crippen LogP contribution in [0.4, 0.5) is 0 Å². The lowest BCUT2D eigenvalue weighted by Crippen LogP contribution is -2.27. The molecule has 11 heteroatoms. The molecule has 0 bridgehead atoms. The molecule has 5 aromatic rings. The fourth-order valence-electron chi connectivity index (χ4n) is 4.92. The molecule has 6 rings (SSSR count). The summed E-state index contributed by atoms with van der Waals surface area (Å²) in [5, 5.41) is 11.2. The molecule has 44 heavy (non-hydrogen) atoms. The highest BCUT2D eigenvalue weighted by Crippen LogP contribution is 2.25. The van der Waals surface area contributed by atoms with Gasteiger partial charge in [0.05, 0.1) is 13.1 Å². The van der Waals surface area contributed by atoms with Crippen LogP contribution in [0.5, 0.6) is 0 Å². The number of benzene rings is 2. The van der Waals surface area contributed by atoms with Crippen molar-refractivity contribution in [3.63, 3.8) is 0 Å². The summed E-state index contributed by atoms with van der Waals surface area (Å²) in [4.78, 5) is 20.8. The summed E-state index contributed by atoms with van der Waals surface area (Å²) in [5.74, 6) is 7.69. The first kappa shape index (κ1) is 29.0. The van der Waals surface area contributed by atoms with Gasteiger partial charge in [-0.05, 0) is 74.7 Å². The predicted molar refractivity (Wildman–Crippen MR) is 161 cm³/mol. The van der Waals surface area contributed by atoms with E-state index in [1.807, 2.05) is 60.2 Å². The van der Waals surface area contributed by atoms with E-state index in [1.165, 1.54) is 6.33 Å². The topological polar surface area (TPSA) is 122 Å². The first-order valence-corrected chi connectivity index (χ1v) is 14.7. The Balaban J connectivity index is 1.02. The van der Waals surface area contributed by atoms with Crippen LogP contribution in [0.2, 0.25) is 0 Å². The number of aromatic nitrogens is 6. The molecule has 1 fully saturated rings. The molecular formula is C33H33N7O4. The number of rotatable bonds is 10.